The summed E-state index contributed by atoms with van der Waals surface area (Å²) in [5.41, 5.74) is 0.795. The van der Waals surface area contributed by atoms with Gasteiger partial charge in [-0.05, 0) is 24.3 Å². The number of methoxy groups -OCH3 is 1. The topological polar surface area (TPSA) is 120 Å². The zero-order valence-corrected chi connectivity index (χ0v) is 16.0. The van der Waals surface area contributed by atoms with Crippen LogP contribution in [0.4, 0.5) is 11.4 Å². The third-order valence-corrected chi connectivity index (χ3v) is 4.95. The van der Waals surface area contributed by atoms with Gasteiger partial charge in [0, 0.05) is 31.9 Å². The fourth-order valence-corrected chi connectivity index (χ4v) is 3.36. The predicted octanol–water partition coefficient (Wildman–Crippen LogP) is 1.85. The lowest BCUT2D eigenvalue weighted by atomic mass is 10.2. The highest BCUT2D eigenvalue weighted by molar-refractivity contribution is 8.00. The number of nitrogens with one attached hydrogen (secondary N) is 1. The number of nitrogens with zero attached hydrogens (tertiary/aromatic N) is 4. The van der Waals surface area contributed by atoms with Crippen LogP contribution in [0.1, 0.15) is 0 Å². The lowest BCUT2D eigenvalue weighted by Crippen LogP contribution is -2.43. The number of carbonyl (C=O) groups excluding carboxylic acids is 1. The molecule has 1 aliphatic heterocycles. The summed E-state index contributed by atoms with van der Waals surface area (Å²) in [5, 5.41) is 14.5. The highest BCUT2D eigenvalue weighted by Crippen LogP contribution is 2.30. The van der Waals surface area contributed by atoms with Gasteiger partial charge >= 0.3 is 17.7 Å². The van der Waals surface area contributed by atoms with E-state index in [9.17, 15) is 14.9 Å². The summed E-state index contributed by atoms with van der Waals surface area (Å²) in [6, 6.07) is 7.44. The summed E-state index contributed by atoms with van der Waals surface area (Å²) in [4.78, 5) is 32.1. The van der Waals surface area contributed by atoms with Crippen molar-refractivity contribution in [1.29, 1.82) is 0 Å². The Morgan fingerprint density at radius 2 is 2.04 bits per heavy atom. The first-order valence-electron chi connectivity index (χ1n) is 8.51. The number of thioether (sulfide) groups is 1. The van der Waals surface area contributed by atoms with E-state index in [2.05, 4.69) is 24.9 Å². The molecule has 0 aliphatic carbocycles. The monoisotopic (exact) mass is 405 g/mol. The maximum atomic E-state index is 11.3. The second-order valence-corrected chi connectivity index (χ2v) is 6.76. The van der Waals surface area contributed by atoms with Gasteiger partial charge < -0.3 is 19.7 Å². The summed E-state index contributed by atoms with van der Waals surface area (Å²) in [6.07, 6.45) is 1.07. The number of anilines is 1. The van der Waals surface area contributed by atoms with Gasteiger partial charge in [-0.1, -0.05) is 11.8 Å². The van der Waals surface area contributed by atoms with Gasteiger partial charge in [-0.3, -0.25) is 14.9 Å². The molecule has 0 amide bonds. The van der Waals surface area contributed by atoms with E-state index in [0.29, 0.717) is 5.75 Å². The molecule has 0 bridgehead atoms. The molecule has 1 aromatic carbocycles. The molecule has 1 N–H and O–H groups in total. The van der Waals surface area contributed by atoms with Gasteiger partial charge in [0.15, 0.2) is 5.03 Å². The summed E-state index contributed by atoms with van der Waals surface area (Å²) in [7, 11) is 1.25. The molecule has 1 aromatic heterocycles. The van der Waals surface area contributed by atoms with Crippen LogP contribution in [0, 0.1) is 10.1 Å². The van der Waals surface area contributed by atoms with Gasteiger partial charge in [-0.2, -0.15) is 9.97 Å². The third kappa shape index (κ3) is 5.08. The SMILES string of the molecule is COC(=O)CSc1nc(Oc2ccc(N3CCNCC3)cc2)ncc1[N+](=O)[O-]. The highest BCUT2D eigenvalue weighted by atomic mass is 32.2. The van der Waals surface area contributed by atoms with Crippen LogP contribution in [-0.2, 0) is 9.53 Å². The standard InChI is InChI=1S/C17H19N5O5S/c1-26-15(23)11-28-16-14(22(24)25)10-19-17(20-16)27-13-4-2-12(3-5-13)21-8-6-18-7-9-21/h2-5,10,18H,6-9,11H2,1H3. The summed E-state index contributed by atoms with van der Waals surface area (Å²) in [6.45, 7) is 3.76. The fraction of sp³-hybridized carbons (Fsp3) is 0.353. The molecule has 10 nitrogen and oxygen atoms in total. The zero-order chi connectivity index (χ0) is 19.9. The Balaban J connectivity index is 1.72. The van der Waals surface area contributed by atoms with E-state index >= 15 is 0 Å². The van der Waals surface area contributed by atoms with Crippen molar-refractivity contribution in [3.8, 4) is 11.8 Å². The number of hydrogen-bond acceptors (Lipinski definition) is 10. The Morgan fingerprint density at radius 1 is 1.32 bits per heavy atom. The number of esters is 1. The van der Waals surface area contributed by atoms with Crippen molar-refractivity contribution >= 4 is 29.1 Å². The number of carbonyl (C=O) groups is 1. The quantitative estimate of drug-likeness (QED) is 0.240. The van der Waals surface area contributed by atoms with Crippen molar-refractivity contribution in [3.05, 3.63) is 40.6 Å². The Bertz CT molecular complexity index is 842. The molecule has 3 rings (SSSR count). The maximum absolute atomic E-state index is 11.3. The normalized spacial score (nSPS) is 13.8. The second-order valence-electron chi connectivity index (χ2n) is 5.80. The molecule has 1 aliphatic rings. The average molecular weight is 405 g/mol. The van der Waals surface area contributed by atoms with Gasteiger partial charge in [-0.15, -0.1) is 0 Å². The van der Waals surface area contributed by atoms with E-state index in [1.165, 1.54) is 7.11 Å². The number of piperazine rings is 1. The zero-order valence-electron chi connectivity index (χ0n) is 15.2. The molecule has 2 aromatic rings. The Morgan fingerprint density at radius 3 is 2.68 bits per heavy atom. The van der Waals surface area contributed by atoms with Crippen molar-refractivity contribution in [2.45, 2.75) is 5.03 Å². The molecule has 0 radical (unpaired) electrons. The van der Waals surface area contributed by atoms with Gasteiger partial charge in [0.05, 0.1) is 17.8 Å². The molecule has 0 unspecified atom stereocenters. The van der Waals surface area contributed by atoms with E-state index in [-0.39, 0.29) is 22.5 Å². The Hall–Kier alpha value is -2.92. The van der Waals surface area contributed by atoms with Gasteiger partial charge in [-0.25, -0.2) is 0 Å². The summed E-state index contributed by atoms with van der Waals surface area (Å²) in [5.74, 6) is -0.103. The Labute approximate surface area is 165 Å². The number of hydrogen-bond donors (Lipinski definition) is 1. The van der Waals surface area contributed by atoms with Crippen LogP contribution in [0.15, 0.2) is 35.5 Å². The van der Waals surface area contributed by atoms with Crippen molar-refractivity contribution in [1.82, 2.24) is 15.3 Å². The first kappa shape index (κ1) is 19.8. The Kier molecular flexibility index (Phi) is 6.61. The van der Waals surface area contributed by atoms with Crippen LogP contribution in [0.25, 0.3) is 0 Å². The van der Waals surface area contributed by atoms with Gasteiger partial charge in [0.1, 0.15) is 11.9 Å². The maximum Gasteiger partial charge on any atom is 0.323 e. The minimum absolute atomic E-state index is 0.0344. The largest absolute Gasteiger partial charge is 0.468 e. The van der Waals surface area contributed by atoms with E-state index in [0.717, 1.165) is 49.8 Å². The van der Waals surface area contributed by atoms with E-state index < -0.39 is 10.9 Å². The molecule has 1 saturated heterocycles. The van der Waals surface area contributed by atoms with E-state index in [1.54, 1.807) is 12.1 Å². The first-order chi connectivity index (χ1) is 13.6. The molecule has 0 spiro atoms. The van der Waals surface area contributed by atoms with Crippen molar-refractivity contribution in [2.75, 3.05) is 43.9 Å². The van der Waals surface area contributed by atoms with Crippen LogP contribution in [0.2, 0.25) is 0 Å². The molecular weight excluding hydrogens is 386 g/mol. The molecule has 0 atom stereocenters. The van der Waals surface area contributed by atoms with Crippen molar-refractivity contribution in [2.24, 2.45) is 0 Å². The highest BCUT2D eigenvalue weighted by Gasteiger charge is 2.20. The minimum Gasteiger partial charge on any atom is -0.468 e. The van der Waals surface area contributed by atoms with Gasteiger partial charge in [0.25, 0.3) is 0 Å². The van der Waals surface area contributed by atoms with Crippen LogP contribution in [0.3, 0.4) is 0 Å². The van der Waals surface area contributed by atoms with Crippen molar-refractivity contribution < 1.29 is 19.2 Å². The van der Waals surface area contributed by atoms with Gasteiger partial charge in [0.2, 0.25) is 0 Å². The average Bonchev–Trinajstić information content (AvgIpc) is 2.73. The number of nitro groups is 1. The van der Waals surface area contributed by atoms with Crippen molar-refractivity contribution in [3.63, 3.8) is 0 Å². The predicted molar refractivity (Wildman–Crippen MR) is 103 cm³/mol. The number of benzene rings is 1. The second kappa shape index (κ2) is 9.33. The van der Waals surface area contributed by atoms with Crippen LogP contribution < -0.4 is 15.0 Å². The molecule has 0 saturated carbocycles. The molecule has 2 heterocycles. The molecule has 1 fully saturated rings. The smallest absolute Gasteiger partial charge is 0.323 e. The molecular formula is C17H19N5O5S. The van der Waals surface area contributed by atoms with E-state index in [1.807, 2.05) is 12.1 Å². The molecule has 148 valence electrons. The van der Waals surface area contributed by atoms with E-state index in [4.69, 9.17) is 4.74 Å². The number of rotatable bonds is 7. The molecule has 28 heavy (non-hydrogen) atoms. The summed E-state index contributed by atoms with van der Waals surface area (Å²) >= 11 is 0.894. The van der Waals surface area contributed by atoms with Crippen LogP contribution >= 0.6 is 11.8 Å². The lowest BCUT2D eigenvalue weighted by Gasteiger charge is -2.29. The fourth-order valence-electron chi connectivity index (χ4n) is 2.56. The van der Waals surface area contributed by atoms with Crippen LogP contribution in [0.5, 0.6) is 11.8 Å². The number of ether oxygens (including phenoxy) is 2. The van der Waals surface area contributed by atoms with Crippen LogP contribution in [-0.4, -0.2) is 59.9 Å². The third-order valence-electron chi connectivity index (χ3n) is 3.99. The summed E-state index contributed by atoms with van der Waals surface area (Å²) < 4.78 is 10.2. The lowest BCUT2D eigenvalue weighted by molar-refractivity contribution is -0.388. The minimum atomic E-state index is -0.605. The molecule has 11 heteroatoms. The first-order valence-corrected chi connectivity index (χ1v) is 9.50. The number of aromatic nitrogens is 2.